The van der Waals surface area contributed by atoms with Crippen LogP contribution in [0.2, 0.25) is 0 Å². The molecule has 0 saturated heterocycles. The first kappa shape index (κ1) is 31.1. The average molecular weight is 656 g/mol. The lowest BCUT2D eigenvalue weighted by Crippen LogP contribution is -2.10. The number of nitrogens with zero attached hydrogens (tertiary/aromatic N) is 1. The van der Waals surface area contributed by atoms with Crippen molar-refractivity contribution in [1.29, 1.82) is 0 Å². The van der Waals surface area contributed by atoms with Gasteiger partial charge in [0.05, 0.1) is 0 Å². The highest BCUT2D eigenvalue weighted by Gasteiger charge is 2.24. The molecular weight excluding hydrogens is 615 g/mol. The Balaban J connectivity index is 1.08. The fourth-order valence-electron chi connectivity index (χ4n) is 7.85. The second kappa shape index (κ2) is 11.9. The molecule has 1 aliphatic carbocycles. The Labute approximate surface area is 301 Å². The van der Waals surface area contributed by atoms with Gasteiger partial charge >= 0.3 is 0 Å². The Hall–Kier alpha value is -5.92. The normalized spacial score (nSPS) is 12.0. The van der Waals surface area contributed by atoms with Crippen molar-refractivity contribution in [3.63, 3.8) is 0 Å². The van der Waals surface area contributed by atoms with Gasteiger partial charge in [-0.3, -0.25) is 0 Å². The Kier molecular flexibility index (Phi) is 7.22. The summed E-state index contributed by atoms with van der Waals surface area (Å²) in [6.45, 7) is 11.2. The van der Waals surface area contributed by atoms with E-state index < -0.39 is 0 Å². The highest BCUT2D eigenvalue weighted by atomic mass is 15.1. The first-order valence-electron chi connectivity index (χ1n) is 18.0. The molecule has 8 aromatic carbocycles. The van der Waals surface area contributed by atoms with Gasteiger partial charge in [-0.1, -0.05) is 112 Å². The fraction of sp³-hybridized carbons (Fsp3) is 0.120. The van der Waals surface area contributed by atoms with Crippen LogP contribution < -0.4 is 4.90 Å². The molecule has 0 aliphatic heterocycles. The van der Waals surface area contributed by atoms with E-state index in [2.05, 4.69) is 197 Å². The molecule has 0 N–H and O–H groups in total. The molecule has 0 radical (unpaired) electrons. The molecule has 1 heteroatoms. The van der Waals surface area contributed by atoms with Gasteiger partial charge in [0, 0.05) is 17.1 Å². The lowest BCUT2D eigenvalue weighted by molar-refractivity contribution is 0.590. The topological polar surface area (TPSA) is 3.24 Å². The monoisotopic (exact) mass is 655 g/mol. The number of hydrogen-bond donors (Lipinski definition) is 0. The summed E-state index contributed by atoms with van der Waals surface area (Å²) in [6.07, 6.45) is 0. The van der Waals surface area contributed by atoms with Crippen molar-refractivity contribution in [2.24, 2.45) is 0 Å². The van der Waals surface area contributed by atoms with Gasteiger partial charge in [-0.15, -0.1) is 0 Å². The van der Waals surface area contributed by atoms with Crippen molar-refractivity contribution >= 4 is 38.6 Å². The van der Waals surface area contributed by atoms with E-state index in [4.69, 9.17) is 0 Å². The van der Waals surface area contributed by atoms with Gasteiger partial charge in [-0.05, 0) is 169 Å². The molecule has 51 heavy (non-hydrogen) atoms. The fourth-order valence-corrected chi connectivity index (χ4v) is 7.85. The molecule has 0 atom stereocenters. The predicted octanol–water partition coefficient (Wildman–Crippen LogP) is 14.4. The predicted molar refractivity (Wildman–Crippen MR) is 220 cm³/mol. The SMILES string of the molecule is Cc1cc(C)cc(N(c2ccc(-c3ccccc3)cc2)c2ccc3cc4c(cc3c2)-c2cc3ccc(-c5ccc(C(C)(C)C)cc5)cc3cc2-4)c1. The van der Waals surface area contributed by atoms with Gasteiger partial charge in [-0.2, -0.15) is 0 Å². The Morgan fingerprint density at radius 3 is 1.43 bits per heavy atom. The minimum absolute atomic E-state index is 0.151. The minimum atomic E-state index is 0.151. The van der Waals surface area contributed by atoms with E-state index in [1.807, 2.05) is 0 Å². The summed E-state index contributed by atoms with van der Waals surface area (Å²) >= 11 is 0. The molecule has 0 fully saturated rings. The number of anilines is 3. The van der Waals surface area contributed by atoms with E-state index in [-0.39, 0.29) is 5.41 Å². The average Bonchev–Trinajstić information content (AvgIpc) is 3.13. The molecule has 0 heterocycles. The van der Waals surface area contributed by atoms with Crippen molar-refractivity contribution in [2.45, 2.75) is 40.0 Å². The zero-order chi connectivity index (χ0) is 34.9. The summed E-state index contributed by atoms with van der Waals surface area (Å²) in [4.78, 5) is 2.39. The lowest BCUT2D eigenvalue weighted by atomic mass is 9.77. The van der Waals surface area contributed by atoms with Crippen molar-refractivity contribution in [2.75, 3.05) is 4.90 Å². The molecule has 0 bridgehead atoms. The summed E-state index contributed by atoms with van der Waals surface area (Å²) in [5, 5.41) is 5.08. The largest absolute Gasteiger partial charge is 0.310 e. The standard InChI is InChI=1S/C50H41N/c1-32-23-33(2)25-45(24-32)51(43-20-15-35(16-21-43)34-9-7-6-8-10-34)44-22-17-39-29-47-48-30-40-26-37(36-13-18-42(19-14-36)50(3,4)5)11-12-38(40)28-46(48)49(47)31-41(39)27-44/h6-31H,1-5H3. The summed E-state index contributed by atoms with van der Waals surface area (Å²) in [6, 6.07) is 58.8. The number of fused-ring (bicyclic) bond motifs is 6. The third kappa shape index (κ3) is 5.60. The third-order valence-electron chi connectivity index (χ3n) is 10.6. The lowest BCUT2D eigenvalue weighted by Gasteiger charge is -2.28. The second-order valence-electron chi connectivity index (χ2n) is 15.3. The molecule has 9 rings (SSSR count). The van der Waals surface area contributed by atoms with Gasteiger partial charge in [0.1, 0.15) is 0 Å². The minimum Gasteiger partial charge on any atom is -0.310 e. The van der Waals surface area contributed by atoms with Crippen molar-refractivity contribution < 1.29 is 0 Å². The molecule has 0 aromatic heterocycles. The van der Waals surface area contributed by atoms with Gasteiger partial charge < -0.3 is 4.90 Å². The molecule has 0 unspecified atom stereocenters. The van der Waals surface area contributed by atoms with Crippen LogP contribution in [0.25, 0.3) is 66.1 Å². The zero-order valence-electron chi connectivity index (χ0n) is 30.0. The van der Waals surface area contributed by atoms with E-state index >= 15 is 0 Å². The third-order valence-corrected chi connectivity index (χ3v) is 10.6. The van der Waals surface area contributed by atoms with Crippen LogP contribution in [0, 0.1) is 13.8 Å². The van der Waals surface area contributed by atoms with E-state index in [0.29, 0.717) is 0 Å². The van der Waals surface area contributed by atoms with Crippen LogP contribution in [-0.4, -0.2) is 0 Å². The maximum atomic E-state index is 2.39. The quantitative estimate of drug-likeness (QED) is 0.178. The van der Waals surface area contributed by atoms with Crippen LogP contribution in [0.1, 0.15) is 37.5 Å². The summed E-state index contributed by atoms with van der Waals surface area (Å²) < 4.78 is 0. The molecule has 1 aliphatic rings. The van der Waals surface area contributed by atoms with Gasteiger partial charge in [0.2, 0.25) is 0 Å². The molecule has 0 amide bonds. The molecule has 0 saturated carbocycles. The number of rotatable bonds is 5. The van der Waals surface area contributed by atoms with Crippen molar-refractivity contribution in [1.82, 2.24) is 0 Å². The van der Waals surface area contributed by atoms with E-state index in [1.165, 1.54) is 88.4 Å². The van der Waals surface area contributed by atoms with Crippen LogP contribution in [0.3, 0.4) is 0 Å². The second-order valence-corrected chi connectivity index (χ2v) is 15.3. The first-order valence-corrected chi connectivity index (χ1v) is 18.0. The van der Waals surface area contributed by atoms with Gasteiger partial charge in [0.15, 0.2) is 0 Å². The molecule has 246 valence electrons. The molecule has 8 aromatic rings. The number of benzene rings is 8. The zero-order valence-corrected chi connectivity index (χ0v) is 30.0. The Bertz CT molecular complexity index is 2580. The molecule has 1 nitrogen and oxygen atoms in total. The molecule has 0 spiro atoms. The van der Waals surface area contributed by atoms with Gasteiger partial charge in [-0.25, -0.2) is 0 Å². The molecular formula is C50H41N. The van der Waals surface area contributed by atoms with Crippen molar-refractivity contribution in [3.05, 3.63) is 174 Å². The summed E-state index contributed by atoms with van der Waals surface area (Å²) in [5.74, 6) is 0. The highest BCUT2D eigenvalue weighted by Crippen LogP contribution is 2.51. The first-order chi connectivity index (χ1) is 24.7. The van der Waals surface area contributed by atoms with Gasteiger partial charge in [0.25, 0.3) is 0 Å². The summed E-state index contributed by atoms with van der Waals surface area (Å²) in [5.41, 5.74) is 17.8. The van der Waals surface area contributed by atoms with Crippen LogP contribution in [-0.2, 0) is 5.41 Å². The maximum absolute atomic E-state index is 2.39. The smallest absolute Gasteiger partial charge is 0.0468 e. The number of hydrogen-bond acceptors (Lipinski definition) is 1. The maximum Gasteiger partial charge on any atom is 0.0468 e. The Morgan fingerprint density at radius 2 is 0.824 bits per heavy atom. The summed E-state index contributed by atoms with van der Waals surface area (Å²) in [7, 11) is 0. The Morgan fingerprint density at radius 1 is 0.353 bits per heavy atom. The highest BCUT2D eigenvalue weighted by molar-refractivity contribution is 6.12. The van der Waals surface area contributed by atoms with E-state index in [9.17, 15) is 0 Å². The van der Waals surface area contributed by atoms with Crippen LogP contribution in [0.5, 0.6) is 0 Å². The van der Waals surface area contributed by atoms with Crippen LogP contribution in [0.4, 0.5) is 17.1 Å². The van der Waals surface area contributed by atoms with Crippen LogP contribution >= 0.6 is 0 Å². The van der Waals surface area contributed by atoms with E-state index in [0.717, 1.165) is 11.4 Å². The van der Waals surface area contributed by atoms with Crippen molar-refractivity contribution in [3.8, 4) is 44.5 Å². The van der Waals surface area contributed by atoms with E-state index in [1.54, 1.807) is 0 Å². The number of aryl methyl sites for hydroxylation is 2. The van der Waals surface area contributed by atoms with Crippen LogP contribution in [0.15, 0.2) is 158 Å².